The average Bonchev–Trinajstić information content (AvgIpc) is 3.04. The van der Waals surface area contributed by atoms with Crippen LogP contribution in [0, 0.1) is 0 Å². The molecule has 0 saturated heterocycles. The van der Waals surface area contributed by atoms with Crippen LogP contribution in [0.3, 0.4) is 0 Å². The molecule has 1 aliphatic rings. The summed E-state index contributed by atoms with van der Waals surface area (Å²) in [7, 11) is 0. The molecule has 1 heterocycles. The summed E-state index contributed by atoms with van der Waals surface area (Å²) in [4.78, 5) is 0. The lowest BCUT2D eigenvalue weighted by Crippen LogP contribution is -2.35. The van der Waals surface area contributed by atoms with Gasteiger partial charge in [0.1, 0.15) is 5.76 Å². The standard InChI is InChI=1S/C19H26N2O/c20-19-9-4-6-15-14-16(10-11-18(15)19)21-12-3-1-2-7-17-8-5-13-22-17/h4-6,8-9,13,16,21H,1-3,7,10-12,14,20H2. The Morgan fingerprint density at radius 1 is 1.14 bits per heavy atom. The highest BCUT2D eigenvalue weighted by Crippen LogP contribution is 2.26. The predicted octanol–water partition coefficient (Wildman–Crippen LogP) is 3.72. The molecule has 3 heteroatoms. The summed E-state index contributed by atoms with van der Waals surface area (Å²) in [6.07, 6.45) is 9.94. The lowest BCUT2D eigenvalue weighted by Gasteiger charge is -2.26. The van der Waals surface area contributed by atoms with Crippen molar-refractivity contribution in [3.05, 3.63) is 53.5 Å². The van der Waals surface area contributed by atoms with E-state index in [0.717, 1.165) is 37.3 Å². The Balaban J connectivity index is 1.33. The molecule has 1 atom stereocenters. The largest absolute Gasteiger partial charge is 0.469 e. The summed E-state index contributed by atoms with van der Waals surface area (Å²) in [6, 6.07) is 11.0. The highest BCUT2D eigenvalue weighted by molar-refractivity contribution is 5.52. The number of fused-ring (bicyclic) bond motifs is 1. The quantitative estimate of drug-likeness (QED) is 0.605. The third-order valence-electron chi connectivity index (χ3n) is 4.63. The first kappa shape index (κ1) is 15.2. The smallest absolute Gasteiger partial charge is 0.103 e. The first-order chi connectivity index (χ1) is 10.8. The van der Waals surface area contributed by atoms with Crippen molar-refractivity contribution in [2.75, 3.05) is 12.3 Å². The molecule has 118 valence electrons. The zero-order valence-electron chi connectivity index (χ0n) is 13.2. The van der Waals surface area contributed by atoms with E-state index in [1.165, 1.54) is 36.8 Å². The van der Waals surface area contributed by atoms with Crippen LogP contribution < -0.4 is 11.1 Å². The van der Waals surface area contributed by atoms with E-state index in [-0.39, 0.29) is 0 Å². The number of unbranched alkanes of at least 4 members (excludes halogenated alkanes) is 2. The summed E-state index contributed by atoms with van der Waals surface area (Å²) in [6.45, 7) is 1.11. The maximum Gasteiger partial charge on any atom is 0.103 e. The van der Waals surface area contributed by atoms with Gasteiger partial charge < -0.3 is 15.5 Å². The molecule has 1 unspecified atom stereocenters. The van der Waals surface area contributed by atoms with Gasteiger partial charge >= 0.3 is 0 Å². The number of nitrogens with one attached hydrogen (secondary N) is 1. The SMILES string of the molecule is Nc1cccc2c1CCC(NCCCCCc1ccco1)C2. The van der Waals surface area contributed by atoms with E-state index < -0.39 is 0 Å². The molecule has 0 amide bonds. The summed E-state index contributed by atoms with van der Waals surface area (Å²) in [5, 5.41) is 3.71. The van der Waals surface area contributed by atoms with Gasteiger partial charge in [0.25, 0.3) is 0 Å². The molecule has 1 aromatic heterocycles. The molecule has 1 aromatic carbocycles. The average molecular weight is 298 g/mol. The van der Waals surface area contributed by atoms with Gasteiger partial charge in [0.2, 0.25) is 0 Å². The van der Waals surface area contributed by atoms with Crippen molar-refractivity contribution < 1.29 is 4.42 Å². The maximum atomic E-state index is 6.05. The zero-order chi connectivity index (χ0) is 15.2. The summed E-state index contributed by atoms with van der Waals surface area (Å²) in [5.74, 6) is 1.11. The van der Waals surface area contributed by atoms with Crippen molar-refractivity contribution in [2.24, 2.45) is 0 Å². The first-order valence-corrected chi connectivity index (χ1v) is 8.45. The molecule has 3 N–H and O–H groups in total. The lowest BCUT2D eigenvalue weighted by atomic mass is 9.87. The normalized spacial score (nSPS) is 17.4. The fraction of sp³-hybridized carbons (Fsp3) is 0.474. The van der Waals surface area contributed by atoms with Gasteiger partial charge in [-0.15, -0.1) is 0 Å². The number of rotatable bonds is 7. The van der Waals surface area contributed by atoms with Gasteiger partial charge in [0.05, 0.1) is 6.26 Å². The zero-order valence-corrected chi connectivity index (χ0v) is 13.2. The second kappa shape index (κ2) is 7.50. The number of benzene rings is 1. The van der Waals surface area contributed by atoms with Gasteiger partial charge in [-0.1, -0.05) is 18.6 Å². The van der Waals surface area contributed by atoms with Crippen molar-refractivity contribution in [3.63, 3.8) is 0 Å². The molecule has 0 bridgehead atoms. The van der Waals surface area contributed by atoms with Crippen LogP contribution in [0.5, 0.6) is 0 Å². The van der Waals surface area contributed by atoms with Crippen LogP contribution in [-0.4, -0.2) is 12.6 Å². The Bertz CT molecular complexity index is 577. The fourth-order valence-corrected chi connectivity index (χ4v) is 3.37. The van der Waals surface area contributed by atoms with E-state index in [0.29, 0.717) is 6.04 Å². The molecule has 1 aliphatic carbocycles. The highest BCUT2D eigenvalue weighted by Gasteiger charge is 2.19. The molecule has 0 saturated carbocycles. The van der Waals surface area contributed by atoms with E-state index >= 15 is 0 Å². The maximum absolute atomic E-state index is 6.05. The monoisotopic (exact) mass is 298 g/mol. The minimum absolute atomic E-state index is 0.611. The van der Waals surface area contributed by atoms with Gasteiger partial charge in [-0.25, -0.2) is 0 Å². The van der Waals surface area contributed by atoms with Gasteiger partial charge in [-0.2, -0.15) is 0 Å². The number of anilines is 1. The Morgan fingerprint density at radius 3 is 2.95 bits per heavy atom. The van der Waals surface area contributed by atoms with E-state index in [2.05, 4.69) is 23.5 Å². The van der Waals surface area contributed by atoms with Crippen LogP contribution in [0.2, 0.25) is 0 Å². The molecule has 3 nitrogen and oxygen atoms in total. The van der Waals surface area contributed by atoms with Crippen molar-refractivity contribution in [3.8, 4) is 0 Å². The molecular weight excluding hydrogens is 272 g/mol. The number of nitrogens with two attached hydrogens (primary N) is 1. The number of aryl methyl sites for hydroxylation is 1. The molecule has 0 radical (unpaired) electrons. The molecule has 0 fully saturated rings. The van der Waals surface area contributed by atoms with Crippen LogP contribution in [-0.2, 0) is 19.3 Å². The summed E-state index contributed by atoms with van der Waals surface area (Å²) in [5.41, 5.74) is 9.83. The lowest BCUT2D eigenvalue weighted by molar-refractivity contribution is 0.444. The Morgan fingerprint density at radius 2 is 2.09 bits per heavy atom. The Kier molecular flexibility index (Phi) is 5.17. The van der Waals surface area contributed by atoms with Gasteiger partial charge in [0, 0.05) is 18.2 Å². The summed E-state index contributed by atoms with van der Waals surface area (Å²) >= 11 is 0. The second-order valence-electron chi connectivity index (χ2n) is 6.27. The minimum Gasteiger partial charge on any atom is -0.469 e. The van der Waals surface area contributed by atoms with E-state index in [9.17, 15) is 0 Å². The summed E-state index contributed by atoms with van der Waals surface area (Å²) < 4.78 is 5.35. The molecule has 0 spiro atoms. The predicted molar refractivity (Wildman–Crippen MR) is 90.9 cm³/mol. The molecule has 2 aromatic rings. The van der Waals surface area contributed by atoms with E-state index in [1.807, 2.05) is 12.1 Å². The minimum atomic E-state index is 0.611. The van der Waals surface area contributed by atoms with Crippen LogP contribution in [0.25, 0.3) is 0 Å². The van der Waals surface area contributed by atoms with Crippen molar-refractivity contribution >= 4 is 5.69 Å². The second-order valence-corrected chi connectivity index (χ2v) is 6.27. The number of nitrogen functional groups attached to an aromatic ring is 1. The third-order valence-corrected chi connectivity index (χ3v) is 4.63. The highest BCUT2D eigenvalue weighted by atomic mass is 16.3. The van der Waals surface area contributed by atoms with Gasteiger partial charge in [-0.05, 0) is 68.0 Å². The third kappa shape index (κ3) is 3.92. The Hall–Kier alpha value is -1.74. The van der Waals surface area contributed by atoms with E-state index in [1.54, 1.807) is 6.26 Å². The number of hydrogen-bond donors (Lipinski definition) is 2. The van der Waals surface area contributed by atoms with Crippen molar-refractivity contribution in [1.29, 1.82) is 0 Å². The van der Waals surface area contributed by atoms with Crippen LogP contribution >= 0.6 is 0 Å². The van der Waals surface area contributed by atoms with Gasteiger partial charge in [0.15, 0.2) is 0 Å². The van der Waals surface area contributed by atoms with Crippen LogP contribution in [0.4, 0.5) is 5.69 Å². The molecule has 22 heavy (non-hydrogen) atoms. The first-order valence-electron chi connectivity index (χ1n) is 8.45. The fourth-order valence-electron chi connectivity index (χ4n) is 3.37. The Labute approximate surface area is 132 Å². The molecule has 0 aliphatic heterocycles. The van der Waals surface area contributed by atoms with Crippen LogP contribution in [0.15, 0.2) is 41.0 Å². The van der Waals surface area contributed by atoms with Gasteiger partial charge in [-0.3, -0.25) is 0 Å². The van der Waals surface area contributed by atoms with E-state index in [4.69, 9.17) is 10.2 Å². The van der Waals surface area contributed by atoms with Crippen molar-refractivity contribution in [2.45, 2.75) is 51.0 Å². The number of furan rings is 1. The topological polar surface area (TPSA) is 51.2 Å². The molecular formula is C19H26N2O. The van der Waals surface area contributed by atoms with Crippen molar-refractivity contribution in [1.82, 2.24) is 5.32 Å². The van der Waals surface area contributed by atoms with Crippen LogP contribution in [0.1, 0.15) is 42.6 Å². The molecule has 3 rings (SSSR count). The number of hydrogen-bond acceptors (Lipinski definition) is 3.